The van der Waals surface area contributed by atoms with Crippen molar-refractivity contribution in [2.24, 2.45) is 5.92 Å². The van der Waals surface area contributed by atoms with E-state index < -0.39 is 0 Å². The second kappa shape index (κ2) is 4.97. The van der Waals surface area contributed by atoms with E-state index in [1.165, 1.54) is 0 Å². The maximum atomic E-state index is 10.7. The van der Waals surface area contributed by atoms with Crippen LogP contribution in [0.4, 0.5) is 0 Å². The molecule has 0 aromatic heterocycles. The topological polar surface area (TPSA) is 17.1 Å². The Bertz CT molecular complexity index is 316. The van der Waals surface area contributed by atoms with E-state index in [2.05, 4.69) is 6.58 Å². The van der Waals surface area contributed by atoms with Gasteiger partial charge in [0.15, 0.2) is 0 Å². The first-order chi connectivity index (χ1) is 6.69. The van der Waals surface area contributed by atoms with Crippen LogP contribution in [-0.4, -0.2) is 6.29 Å². The van der Waals surface area contributed by atoms with E-state index in [1.54, 1.807) is 6.08 Å². The number of allylic oxidation sites excluding steroid dienone is 1. The molecule has 0 saturated heterocycles. The van der Waals surface area contributed by atoms with Crippen LogP contribution in [0, 0.1) is 5.92 Å². The van der Waals surface area contributed by atoms with E-state index in [4.69, 9.17) is 11.6 Å². The van der Waals surface area contributed by atoms with Gasteiger partial charge < -0.3 is 4.79 Å². The van der Waals surface area contributed by atoms with Crippen molar-refractivity contribution in [1.29, 1.82) is 0 Å². The molecular formula is C12H13ClO. The Balaban J connectivity index is 2.94. The third-order valence-electron chi connectivity index (χ3n) is 2.29. The van der Waals surface area contributed by atoms with Crippen LogP contribution in [0.3, 0.4) is 0 Å². The minimum atomic E-state index is -0.0475. The van der Waals surface area contributed by atoms with Crippen molar-refractivity contribution in [1.82, 2.24) is 0 Å². The number of carbonyl (C=O) groups is 1. The summed E-state index contributed by atoms with van der Waals surface area (Å²) < 4.78 is 0. The number of benzene rings is 1. The first kappa shape index (κ1) is 11.0. The van der Waals surface area contributed by atoms with Crippen LogP contribution in [-0.2, 0) is 4.79 Å². The first-order valence-electron chi connectivity index (χ1n) is 4.52. The normalized spacial score (nSPS) is 14.4. The van der Waals surface area contributed by atoms with Crippen LogP contribution in [0.15, 0.2) is 36.9 Å². The van der Waals surface area contributed by atoms with Gasteiger partial charge in [0.05, 0.1) is 0 Å². The van der Waals surface area contributed by atoms with Gasteiger partial charge in [-0.3, -0.25) is 0 Å². The lowest BCUT2D eigenvalue weighted by atomic mass is 9.88. The van der Waals surface area contributed by atoms with Crippen LogP contribution in [0.5, 0.6) is 0 Å². The van der Waals surface area contributed by atoms with Crippen LogP contribution in [0.25, 0.3) is 0 Å². The predicted molar refractivity (Wildman–Crippen MR) is 59.6 cm³/mol. The van der Waals surface area contributed by atoms with Gasteiger partial charge in [0.1, 0.15) is 6.29 Å². The summed E-state index contributed by atoms with van der Waals surface area (Å²) in [6.45, 7) is 5.62. The molecule has 1 aromatic rings. The van der Waals surface area contributed by atoms with Crippen molar-refractivity contribution >= 4 is 17.9 Å². The highest BCUT2D eigenvalue weighted by Crippen LogP contribution is 2.25. The standard InChI is InChI=1S/C12H13ClO/c1-3-12(9(2)8-14)10-4-6-11(13)7-5-10/h3-9,12H,1H2,2H3/t9-,12+/m0/s1. The van der Waals surface area contributed by atoms with Gasteiger partial charge in [-0.05, 0) is 17.7 Å². The van der Waals surface area contributed by atoms with Gasteiger partial charge in [0, 0.05) is 16.9 Å². The molecule has 0 N–H and O–H groups in total. The fourth-order valence-corrected chi connectivity index (χ4v) is 1.55. The molecule has 1 rings (SSSR count). The molecule has 0 aliphatic rings. The molecule has 0 saturated carbocycles. The molecule has 0 aliphatic carbocycles. The Morgan fingerprint density at radius 3 is 2.36 bits per heavy atom. The second-order valence-electron chi connectivity index (χ2n) is 3.31. The smallest absolute Gasteiger partial charge is 0.123 e. The lowest BCUT2D eigenvalue weighted by molar-refractivity contribution is -0.110. The predicted octanol–water partition coefficient (Wildman–Crippen LogP) is 3.44. The molecule has 0 aliphatic heterocycles. The summed E-state index contributed by atoms with van der Waals surface area (Å²) in [7, 11) is 0. The highest BCUT2D eigenvalue weighted by atomic mass is 35.5. The van der Waals surface area contributed by atoms with E-state index in [0.29, 0.717) is 5.02 Å². The third kappa shape index (κ3) is 2.46. The maximum absolute atomic E-state index is 10.7. The summed E-state index contributed by atoms with van der Waals surface area (Å²) in [5.74, 6) is 0.0263. The average Bonchev–Trinajstić information content (AvgIpc) is 2.21. The number of hydrogen-bond acceptors (Lipinski definition) is 1. The van der Waals surface area contributed by atoms with Gasteiger partial charge in [-0.25, -0.2) is 0 Å². The molecule has 2 heteroatoms. The zero-order valence-electron chi connectivity index (χ0n) is 8.11. The Kier molecular flexibility index (Phi) is 3.90. The molecule has 14 heavy (non-hydrogen) atoms. The third-order valence-corrected chi connectivity index (χ3v) is 2.54. The van der Waals surface area contributed by atoms with Crippen LogP contribution < -0.4 is 0 Å². The summed E-state index contributed by atoms with van der Waals surface area (Å²) in [5.41, 5.74) is 1.07. The number of rotatable bonds is 4. The molecule has 0 amide bonds. The summed E-state index contributed by atoms with van der Waals surface area (Å²) in [5, 5.41) is 0.704. The van der Waals surface area contributed by atoms with Crippen molar-refractivity contribution in [3.8, 4) is 0 Å². The zero-order valence-corrected chi connectivity index (χ0v) is 8.87. The number of aldehydes is 1. The maximum Gasteiger partial charge on any atom is 0.123 e. The molecule has 74 valence electrons. The summed E-state index contributed by atoms with van der Waals surface area (Å²) in [4.78, 5) is 10.7. The lowest BCUT2D eigenvalue weighted by Crippen LogP contribution is -2.08. The zero-order chi connectivity index (χ0) is 10.6. The van der Waals surface area contributed by atoms with Crippen LogP contribution in [0.1, 0.15) is 18.4 Å². The minimum Gasteiger partial charge on any atom is -0.303 e. The molecule has 1 aromatic carbocycles. The number of halogens is 1. The largest absolute Gasteiger partial charge is 0.303 e. The van der Waals surface area contributed by atoms with Crippen molar-refractivity contribution in [3.05, 3.63) is 47.5 Å². The quantitative estimate of drug-likeness (QED) is 0.547. The van der Waals surface area contributed by atoms with Gasteiger partial charge in [-0.15, -0.1) is 6.58 Å². The van der Waals surface area contributed by atoms with E-state index >= 15 is 0 Å². The van der Waals surface area contributed by atoms with Gasteiger partial charge in [0.2, 0.25) is 0 Å². The van der Waals surface area contributed by atoms with Gasteiger partial charge >= 0.3 is 0 Å². The summed E-state index contributed by atoms with van der Waals surface area (Å²) in [6.07, 6.45) is 2.74. The molecule has 0 spiro atoms. The Labute approximate surface area is 89.4 Å². The fourth-order valence-electron chi connectivity index (χ4n) is 1.42. The fraction of sp³-hybridized carbons (Fsp3) is 0.250. The van der Waals surface area contributed by atoms with Gasteiger partial charge in [-0.1, -0.05) is 36.7 Å². The van der Waals surface area contributed by atoms with Crippen LogP contribution in [0.2, 0.25) is 5.02 Å². The summed E-state index contributed by atoms with van der Waals surface area (Å²) in [6, 6.07) is 7.50. The summed E-state index contributed by atoms with van der Waals surface area (Å²) >= 11 is 5.78. The number of hydrogen-bond donors (Lipinski definition) is 0. The van der Waals surface area contributed by atoms with Gasteiger partial charge in [-0.2, -0.15) is 0 Å². The highest BCUT2D eigenvalue weighted by Gasteiger charge is 2.14. The molecule has 0 radical (unpaired) electrons. The second-order valence-corrected chi connectivity index (χ2v) is 3.74. The first-order valence-corrected chi connectivity index (χ1v) is 4.90. The SMILES string of the molecule is C=C[C@@H](c1ccc(Cl)cc1)[C@@H](C)C=O. The molecule has 0 bridgehead atoms. The molecule has 2 atom stereocenters. The molecule has 0 unspecified atom stereocenters. The van der Waals surface area contributed by atoms with Crippen molar-refractivity contribution in [2.45, 2.75) is 12.8 Å². The van der Waals surface area contributed by atoms with Crippen molar-refractivity contribution < 1.29 is 4.79 Å². The lowest BCUT2D eigenvalue weighted by Gasteiger charge is -2.15. The highest BCUT2D eigenvalue weighted by molar-refractivity contribution is 6.30. The monoisotopic (exact) mass is 208 g/mol. The van der Waals surface area contributed by atoms with E-state index in [9.17, 15) is 4.79 Å². The van der Waals surface area contributed by atoms with E-state index in [-0.39, 0.29) is 11.8 Å². The van der Waals surface area contributed by atoms with Crippen LogP contribution >= 0.6 is 11.6 Å². The minimum absolute atomic E-state index is 0.0475. The Morgan fingerprint density at radius 1 is 1.36 bits per heavy atom. The molecule has 0 fully saturated rings. The van der Waals surface area contributed by atoms with Crippen molar-refractivity contribution in [3.63, 3.8) is 0 Å². The van der Waals surface area contributed by atoms with E-state index in [1.807, 2.05) is 31.2 Å². The molecule has 1 nitrogen and oxygen atoms in total. The molecule has 0 heterocycles. The van der Waals surface area contributed by atoms with E-state index in [0.717, 1.165) is 11.8 Å². The average molecular weight is 209 g/mol. The number of carbonyl (C=O) groups excluding carboxylic acids is 1. The molecular weight excluding hydrogens is 196 g/mol. The Hall–Kier alpha value is -1.08. The van der Waals surface area contributed by atoms with Gasteiger partial charge in [0.25, 0.3) is 0 Å². The Morgan fingerprint density at radius 2 is 1.93 bits per heavy atom. The van der Waals surface area contributed by atoms with Crippen molar-refractivity contribution in [2.75, 3.05) is 0 Å².